The zero-order valence-electron chi connectivity index (χ0n) is 8.94. The maximum atomic E-state index is 13.3. The molecule has 4 nitrogen and oxygen atoms in total. The molecule has 5 heteroatoms. The van der Waals surface area contributed by atoms with Gasteiger partial charge in [-0.3, -0.25) is 4.68 Å². The molecule has 0 aliphatic rings. The molecule has 3 N–H and O–H groups in total. The van der Waals surface area contributed by atoms with E-state index in [2.05, 4.69) is 10.4 Å². The molecule has 84 valence electrons. The van der Waals surface area contributed by atoms with E-state index in [-0.39, 0.29) is 5.82 Å². The highest BCUT2D eigenvalue weighted by molar-refractivity contribution is 5.59. The second-order valence-corrected chi connectivity index (χ2v) is 3.55. The summed E-state index contributed by atoms with van der Waals surface area (Å²) in [4.78, 5) is 0. The van der Waals surface area contributed by atoms with Crippen molar-refractivity contribution in [3.63, 3.8) is 0 Å². The molecular weight excluding hydrogens is 207 g/mol. The zero-order valence-corrected chi connectivity index (χ0v) is 8.94. The SMILES string of the molecule is Cn1cc(N)c(NCc2ccccc2F)n1. The number of halogens is 1. The van der Waals surface area contributed by atoms with Crippen molar-refractivity contribution in [1.82, 2.24) is 9.78 Å². The number of aryl methyl sites for hydroxylation is 1. The minimum absolute atomic E-state index is 0.232. The topological polar surface area (TPSA) is 55.9 Å². The van der Waals surface area contributed by atoms with Gasteiger partial charge in [0, 0.05) is 25.4 Å². The minimum atomic E-state index is -0.232. The van der Waals surface area contributed by atoms with Crippen molar-refractivity contribution in [3.05, 3.63) is 41.8 Å². The van der Waals surface area contributed by atoms with Gasteiger partial charge >= 0.3 is 0 Å². The Balaban J connectivity index is 2.08. The van der Waals surface area contributed by atoms with Crippen LogP contribution in [0.15, 0.2) is 30.5 Å². The van der Waals surface area contributed by atoms with Crippen LogP contribution < -0.4 is 11.1 Å². The summed E-state index contributed by atoms with van der Waals surface area (Å²) in [7, 11) is 1.78. The second kappa shape index (κ2) is 4.22. The van der Waals surface area contributed by atoms with Crippen LogP contribution >= 0.6 is 0 Å². The van der Waals surface area contributed by atoms with Crippen LogP contribution in [0.3, 0.4) is 0 Å². The van der Waals surface area contributed by atoms with Gasteiger partial charge in [0.2, 0.25) is 0 Å². The van der Waals surface area contributed by atoms with Crippen LogP contribution in [-0.4, -0.2) is 9.78 Å². The van der Waals surface area contributed by atoms with Gasteiger partial charge in [0.05, 0.1) is 5.69 Å². The first kappa shape index (κ1) is 10.5. The molecule has 1 aromatic carbocycles. The molecular formula is C11H13FN4. The third-order valence-corrected chi connectivity index (χ3v) is 2.26. The molecule has 16 heavy (non-hydrogen) atoms. The number of hydrogen-bond acceptors (Lipinski definition) is 3. The predicted molar refractivity (Wildman–Crippen MR) is 61.3 cm³/mol. The Morgan fingerprint density at radius 3 is 2.81 bits per heavy atom. The third-order valence-electron chi connectivity index (χ3n) is 2.26. The van der Waals surface area contributed by atoms with Gasteiger partial charge in [0.1, 0.15) is 5.82 Å². The Kier molecular flexibility index (Phi) is 2.76. The average molecular weight is 220 g/mol. The monoisotopic (exact) mass is 220 g/mol. The highest BCUT2D eigenvalue weighted by Crippen LogP contribution is 2.16. The van der Waals surface area contributed by atoms with E-state index < -0.39 is 0 Å². The van der Waals surface area contributed by atoms with Crippen LogP contribution in [0.4, 0.5) is 15.9 Å². The number of hydrogen-bond donors (Lipinski definition) is 2. The summed E-state index contributed by atoms with van der Waals surface area (Å²) in [6, 6.07) is 6.61. The van der Waals surface area contributed by atoms with Crippen molar-refractivity contribution >= 4 is 11.5 Å². The average Bonchev–Trinajstić information content (AvgIpc) is 2.56. The summed E-state index contributed by atoms with van der Waals surface area (Å²) >= 11 is 0. The molecule has 0 saturated heterocycles. The molecule has 0 spiro atoms. The molecule has 0 aliphatic carbocycles. The summed E-state index contributed by atoms with van der Waals surface area (Å²) in [6.07, 6.45) is 1.70. The zero-order chi connectivity index (χ0) is 11.5. The first-order valence-electron chi connectivity index (χ1n) is 4.93. The van der Waals surface area contributed by atoms with Crippen LogP contribution in [0, 0.1) is 5.82 Å². The Labute approximate surface area is 92.9 Å². The molecule has 0 atom stereocenters. The van der Waals surface area contributed by atoms with Gasteiger partial charge in [-0.2, -0.15) is 5.10 Å². The van der Waals surface area contributed by atoms with Crippen LogP contribution in [0.2, 0.25) is 0 Å². The summed E-state index contributed by atoms with van der Waals surface area (Å²) in [5.41, 5.74) is 6.85. The molecule has 2 aromatic rings. The highest BCUT2D eigenvalue weighted by atomic mass is 19.1. The van der Waals surface area contributed by atoms with E-state index in [9.17, 15) is 4.39 Å². The van der Waals surface area contributed by atoms with E-state index in [1.54, 1.807) is 36.1 Å². The number of nitrogens with two attached hydrogens (primary N) is 1. The van der Waals surface area contributed by atoms with Gasteiger partial charge in [-0.15, -0.1) is 0 Å². The van der Waals surface area contributed by atoms with Crippen molar-refractivity contribution in [2.24, 2.45) is 7.05 Å². The van der Waals surface area contributed by atoms with Crippen LogP contribution in [0.5, 0.6) is 0 Å². The largest absolute Gasteiger partial charge is 0.394 e. The van der Waals surface area contributed by atoms with E-state index in [1.165, 1.54) is 6.07 Å². The second-order valence-electron chi connectivity index (χ2n) is 3.55. The summed E-state index contributed by atoms with van der Waals surface area (Å²) in [5.74, 6) is 0.343. The lowest BCUT2D eigenvalue weighted by Gasteiger charge is -2.04. The maximum Gasteiger partial charge on any atom is 0.171 e. The Bertz CT molecular complexity index is 492. The number of nitrogens with one attached hydrogen (secondary N) is 1. The van der Waals surface area contributed by atoms with Crippen molar-refractivity contribution in [1.29, 1.82) is 0 Å². The van der Waals surface area contributed by atoms with Gasteiger partial charge in [0.15, 0.2) is 5.82 Å². The normalized spacial score (nSPS) is 10.4. The van der Waals surface area contributed by atoms with Gasteiger partial charge in [-0.25, -0.2) is 4.39 Å². The fourth-order valence-electron chi connectivity index (χ4n) is 1.46. The van der Waals surface area contributed by atoms with Gasteiger partial charge in [-0.05, 0) is 6.07 Å². The summed E-state index contributed by atoms with van der Waals surface area (Å²) in [6.45, 7) is 0.369. The van der Waals surface area contributed by atoms with Crippen LogP contribution in [-0.2, 0) is 13.6 Å². The smallest absolute Gasteiger partial charge is 0.171 e. The Morgan fingerprint density at radius 1 is 1.44 bits per heavy atom. The van der Waals surface area contributed by atoms with Crippen molar-refractivity contribution in [2.75, 3.05) is 11.1 Å². The molecule has 0 radical (unpaired) electrons. The van der Waals surface area contributed by atoms with E-state index in [0.29, 0.717) is 23.6 Å². The molecule has 1 heterocycles. The molecule has 0 saturated carbocycles. The Hall–Kier alpha value is -2.04. The van der Waals surface area contributed by atoms with Crippen molar-refractivity contribution < 1.29 is 4.39 Å². The van der Waals surface area contributed by atoms with Crippen molar-refractivity contribution in [3.8, 4) is 0 Å². The number of aromatic nitrogens is 2. The lowest BCUT2D eigenvalue weighted by Crippen LogP contribution is -2.04. The Morgan fingerprint density at radius 2 is 2.19 bits per heavy atom. The summed E-state index contributed by atoms with van der Waals surface area (Å²) in [5, 5.41) is 7.11. The number of benzene rings is 1. The first-order chi connectivity index (χ1) is 7.66. The lowest BCUT2D eigenvalue weighted by atomic mass is 10.2. The number of rotatable bonds is 3. The molecule has 0 amide bonds. The fraction of sp³-hybridized carbons (Fsp3) is 0.182. The molecule has 0 bridgehead atoms. The van der Waals surface area contributed by atoms with Crippen LogP contribution in [0.25, 0.3) is 0 Å². The third kappa shape index (κ3) is 2.13. The molecule has 2 rings (SSSR count). The van der Waals surface area contributed by atoms with Crippen LogP contribution in [0.1, 0.15) is 5.56 Å². The lowest BCUT2D eigenvalue weighted by molar-refractivity contribution is 0.612. The number of nitrogens with zero attached hydrogens (tertiary/aromatic N) is 2. The molecule has 0 aliphatic heterocycles. The predicted octanol–water partition coefficient (Wildman–Crippen LogP) is 1.75. The van der Waals surface area contributed by atoms with Gasteiger partial charge in [0.25, 0.3) is 0 Å². The highest BCUT2D eigenvalue weighted by Gasteiger charge is 2.05. The maximum absolute atomic E-state index is 13.3. The van der Waals surface area contributed by atoms with Crippen molar-refractivity contribution in [2.45, 2.75) is 6.54 Å². The first-order valence-corrected chi connectivity index (χ1v) is 4.93. The molecule has 0 fully saturated rings. The van der Waals surface area contributed by atoms with Gasteiger partial charge in [-0.1, -0.05) is 18.2 Å². The van der Waals surface area contributed by atoms with E-state index >= 15 is 0 Å². The standard InChI is InChI=1S/C11H13FN4/c1-16-7-10(13)11(15-16)14-6-8-4-2-3-5-9(8)12/h2-5,7H,6,13H2,1H3,(H,14,15). The minimum Gasteiger partial charge on any atom is -0.394 e. The van der Waals surface area contributed by atoms with Gasteiger partial charge < -0.3 is 11.1 Å². The summed E-state index contributed by atoms with van der Waals surface area (Å²) < 4.78 is 14.9. The quantitative estimate of drug-likeness (QED) is 0.828. The van der Waals surface area contributed by atoms with E-state index in [1.807, 2.05) is 0 Å². The number of anilines is 2. The van der Waals surface area contributed by atoms with E-state index in [0.717, 1.165) is 0 Å². The molecule has 0 unspecified atom stereocenters. The van der Waals surface area contributed by atoms with E-state index in [4.69, 9.17) is 5.73 Å². The number of nitrogen functional groups attached to an aromatic ring is 1. The molecule has 1 aromatic heterocycles. The fourth-order valence-corrected chi connectivity index (χ4v) is 1.46.